The second-order valence-electron chi connectivity index (χ2n) is 14.4. The minimum Gasteiger partial charge on any atom is -0.466 e. The van der Waals surface area contributed by atoms with Crippen molar-refractivity contribution in [3.8, 4) is 0 Å². The number of amides is 2. The van der Waals surface area contributed by atoms with Crippen LogP contribution < -0.4 is 10.6 Å². The molecule has 0 aliphatic carbocycles. The molecule has 0 aliphatic heterocycles. The number of likely N-dealkylation sites (N-methyl/N-ethyl adjacent to an activating group) is 1. The number of rotatable bonds is 37. The van der Waals surface area contributed by atoms with Crippen LogP contribution in [0.15, 0.2) is 0 Å². The lowest BCUT2D eigenvalue weighted by Gasteiger charge is -2.25. The van der Waals surface area contributed by atoms with E-state index in [0.717, 1.165) is 64.7 Å². The van der Waals surface area contributed by atoms with Crippen LogP contribution >= 0.6 is 0 Å². The predicted molar refractivity (Wildman–Crippen MR) is 218 cm³/mol. The zero-order chi connectivity index (χ0) is 40.1. The van der Waals surface area contributed by atoms with Gasteiger partial charge in [0.2, 0.25) is 0 Å². The van der Waals surface area contributed by atoms with Gasteiger partial charge in [-0.3, -0.25) is 9.59 Å². The van der Waals surface area contributed by atoms with Gasteiger partial charge in [0.15, 0.2) is 0 Å². The van der Waals surface area contributed by atoms with Crippen LogP contribution in [0.1, 0.15) is 170 Å². The van der Waals surface area contributed by atoms with Crippen molar-refractivity contribution in [1.29, 1.82) is 0 Å². The molecule has 0 aromatic carbocycles. The van der Waals surface area contributed by atoms with Crippen molar-refractivity contribution in [1.82, 2.24) is 20.4 Å². The number of hydrogen-bond donors (Lipinski definition) is 2. The molecule has 0 heterocycles. The Bertz CT molecular complexity index is 857. The molecule has 2 unspecified atom stereocenters. The molecule has 12 heteroatoms. The van der Waals surface area contributed by atoms with E-state index in [1.54, 1.807) is 0 Å². The van der Waals surface area contributed by atoms with E-state index in [1.807, 2.05) is 13.8 Å². The summed E-state index contributed by atoms with van der Waals surface area (Å²) in [5.74, 6) is -0.617. The molecule has 0 aromatic rings. The average Bonchev–Trinajstić information content (AvgIpc) is 3.17. The molecule has 0 bridgehead atoms. The summed E-state index contributed by atoms with van der Waals surface area (Å²) in [5, 5.41) is 5.54. The van der Waals surface area contributed by atoms with Crippen molar-refractivity contribution >= 4 is 24.1 Å². The molecular formula is C42H82N4O8. The summed E-state index contributed by atoms with van der Waals surface area (Å²) in [7, 11) is 0. The molecule has 54 heavy (non-hydrogen) atoms. The molecule has 0 spiro atoms. The molecule has 0 aliphatic rings. The third-order valence-electron chi connectivity index (χ3n) is 9.82. The van der Waals surface area contributed by atoms with Crippen molar-refractivity contribution in [3.05, 3.63) is 0 Å². The fourth-order valence-electron chi connectivity index (χ4n) is 6.08. The molecule has 0 fully saturated rings. The Morgan fingerprint density at radius 1 is 0.481 bits per heavy atom. The van der Waals surface area contributed by atoms with Gasteiger partial charge in [-0.05, 0) is 64.5 Å². The fraction of sp³-hybridized carbons (Fsp3) is 0.905. The van der Waals surface area contributed by atoms with E-state index in [2.05, 4.69) is 48.1 Å². The van der Waals surface area contributed by atoms with Crippen LogP contribution in [0.2, 0.25) is 0 Å². The van der Waals surface area contributed by atoms with Crippen molar-refractivity contribution in [3.63, 3.8) is 0 Å². The highest BCUT2D eigenvalue weighted by Gasteiger charge is 2.16. The maximum atomic E-state index is 12.5. The van der Waals surface area contributed by atoms with Gasteiger partial charge in [-0.25, -0.2) is 9.59 Å². The average molecular weight is 771 g/mol. The van der Waals surface area contributed by atoms with E-state index in [1.165, 1.54) is 64.2 Å². The molecule has 0 aromatic heterocycles. The first kappa shape index (κ1) is 51.4. The lowest BCUT2D eigenvalue weighted by Crippen LogP contribution is -2.37. The lowest BCUT2D eigenvalue weighted by molar-refractivity contribution is -0.144. The molecule has 12 nitrogen and oxygen atoms in total. The molecule has 2 amide bonds. The highest BCUT2D eigenvalue weighted by molar-refractivity contribution is 5.70. The predicted octanol–water partition coefficient (Wildman–Crippen LogP) is 8.79. The van der Waals surface area contributed by atoms with Gasteiger partial charge in [0.25, 0.3) is 0 Å². The number of ether oxygens (including phenoxy) is 4. The third-order valence-corrected chi connectivity index (χ3v) is 9.82. The van der Waals surface area contributed by atoms with E-state index in [-0.39, 0.29) is 50.2 Å². The largest absolute Gasteiger partial charge is 0.466 e. The Hall–Kier alpha value is -2.60. The van der Waals surface area contributed by atoms with Gasteiger partial charge in [0.05, 0.1) is 26.1 Å². The van der Waals surface area contributed by atoms with E-state index >= 15 is 0 Å². The molecule has 0 rings (SSSR count). The summed E-state index contributed by atoms with van der Waals surface area (Å²) < 4.78 is 22.0. The topological polar surface area (TPSA) is 136 Å². The Morgan fingerprint density at radius 3 is 1.26 bits per heavy atom. The standard InChI is InChI=1S/C42H82N4O8/c1-7-13-15-17-19-21-25-37(9-3)53-41(49)43-29-23-35-51-39(47)27-31-46(34-33-45(11-5)12-6)32-28-40(48)52-36-24-30-44-42(50)54-38(10-4)26-22-20-18-16-14-8-2/h37-38H,7-36H2,1-6H3,(H,43,49)(H,44,50). The molecule has 0 saturated heterocycles. The molecule has 2 N–H and O–H groups in total. The van der Waals surface area contributed by atoms with Crippen molar-refractivity contribution in [2.45, 2.75) is 182 Å². The first-order chi connectivity index (χ1) is 26.2. The third kappa shape index (κ3) is 31.7. The molecule has 318 valence electrons. The number of esters is 2. The highest BCUT2D eigenvalue weighted by atomic mass is 16.6. The summed E-state index contributed by atoms with van der Waals surface area (Å²) >= 11 is 0. The summed E-state index contributed by atoms with van der Waals surface area (Å²) in [6.07, 6.45) is 18.3. The van der Waals surface area contributed by atoms with Crippen LogP contribution in [-0.4, -0.2) is 112 Å². The van der Waals surface area contributed by atoms with E-state index in [9.17, 15) is 19.2 Å². The van der Waals surface area contributed by atoms with Gasteiger partial charge >= 0.3 is 24.1 Å². The number of nitrogens with zero attached hydrogens (tertiary/aromatic N) is 2. The number of alkyl carbamates (subject to hydrolysis) is 2. The van der Waals surface area contributed by atoms with Crippen LogP contribution in [0.5, 0.6) is 0 Å². The van der Waals surface area contributed by atoms with E-state index in [0.29, 0.717) is 39.0 Å². The SMILES string of the molecule is CCCCCCCCC(CC)OC(=O)NCCCOC(=O)CCN(CCC(=O)OCCCNC(=O)OC(CC)CCCCCCCC)CCN(CC)CC. The Kier molecular flexibility index (Phi) is 35.5. The van der Waals surface area contributed by atoms with E-state index in [4.69, 9.17) is 18.9 Å². The zero-order valence-corrected chi connectivity index (χ0v) is 35.5. The van der Waals surface area contributed by atoms with Crippen molar-refractivity contribution < 1.29 is 38.1 Å². The number of unbranched alkanes of at least 4 members (excludes halogenated alkanes) is 10. The normalized spacial score (nSPS) is 12.4. The Balaban J connectivity index is 4.35. The number of carbonyl (C=O) groups excluding carboxylic acids is 4. The van der Waals surface area contributed by atoms with Gasteiger partial charge in [0.1, 0.15) is 12.2 Å². The summed E-state index contributed by atoms with van der Waals surface area (Å²) in [6, 6.07) is 0. The zero-order valence-electron chi connectivity index (χ0n) is 35.5. The van der Waals surface area contributed by atoms with Gasteiger partial charge in [-0.1, -0.05) is 106 Å². The first-order valence-electron chi connectivity index (χ1n) is 21.9. The Labute approximate surface area is 329 Å². The van der Waals surface area contributed by atoms with Crippen LogP contribution in [0.3, 0.4) is 0 Å². The Morgan fingerprint density at radius 2 is 0.870 bits per heavy atom. The molecule has 0 saturated carbocycles. The second kappa shape index (κ2) is 37.3. The maximum Gasteiger partial charge on any atom is 0.407 e. The van der Waals surface area contributed by atoms with Crippen LogP contribution in [0.4, 0.5) is 9.59 Å². The lowest BCUT2D eigenvalue weighted by atomic mass is 10.1. The number of hydrogen-bond acceptors (Lipinski definition) is 10. The quantitative estimate of drug-likeness (QED) is 0.0359. The monoisotopic (exact) mass is 771 g/mol. The van der Waals surface area contributed by atoms with Crippen LogP contribution in [-0.2, 0) is 28.5 Å². The minimum absolute atomic E-state index is 0.0711. The van der Waals surface area contributed by atoms with Gasteiger partial charge in [0, 0.05) is 39.3 Å². The second-order valence-corrected chi connectivity index (χ2v) is 14.4. The van der Waals surface area contributed by atoms with Gasteiger partial charge in [-0.2, -0.15) is 0 Å². The first-order valence-corrected chi connectivity index (χ1v) is 21.9. The highest BCUT2D eigenvalue weighted by Crippen LogP contribution is 2.14. The number of carbonyl (C=O) groups is 4. The van der Waals surface area contributed by atoms with Crippen LogP contribution in [0, 0.1) is 0 Å². The van der Waals surface area contributed by atoms with Crippen LogP contribution in [0.25, 0.3) is 0 Å². The smallest absolute Gasteiger partial charge is 0.407 e. The van der Waals surface area contributed by atoms with Gasteiger partial charge in [-0.15, -0.1) is 0 Å². The number of nitrogens with one attached hydrogen (secondary N) is 2. The maximum absolute atomic E-state index is 12.5. The van der Waals surface area contributed by atoms with Crippen molar-refractivity contribution in [2.24, 2.45) is 0 Å². The summed E-state index contributed by atoms with van der Waals surface area (Å²) in [5.41, 5.74) is 0. The molecular weight excluding hydrogens is 688 g/mol. The molecule has 2 atom stereocenters. The fourth-order valence-corrected chi connectivity index (χ4v) is 6.08. The molecule has 0 radical (unpaired) electrons. The minimum atomic E-state index is -0.419. The van der Waals surface area contributed by atoms with E-state index < -0.39 is 12.2 Å². The van der Waals surface area contributed by atoms with Crippen molar-refractivity contribution in [2.75, 3.05) is 65.6 Å². The summed E-state index contributed by atoms with van der Waals surface area (Å²) in [4.78, 5) is 53.9. The summed E-state index contributed by atoms with van der Waals surface area (Å²) in [6.45, 7) is 18.2. The van der Waals surface area contributed by atoms with Gasteiger partial charge < -0.3 is 39.4 Å².